The molecule has 1 rings (SSSR count). The van der Waals surface area contributed by atoms with E-state index in [-0.39, 0.29) is 5.82 Å². The van der Waals surface area contributed by atoms with Crippen LogP contribution in [0.4, 0.5) is 4.39 Å². The van der Waals surface area contributed by atoms with Crippen molar-refractivity contribution in [1.82, 2.24) is 0 Å². The van der Waals surface area contributed by atoms with Crippen LogP contribution >= 0.6 is 0 Å². The zero-order valence-corrected chi connectivity index (χ0v) is 6.74. The van der Waals surface area contributed by atoms with Crippen LogP contribution in [-0.4, -0.2) is 16.3 Å². The van der Waals surface area contributed by atoms with Crippen LogP contribution < -0.4 is 0 Å². The van der Waals surface area contributed by atoms with Gasteiger partial charge in [0, 0.05) is 0 Å². The van der Waals surface area contributed by atoms with Crippen LogP contribution in [0.3, 0.4) is 0 Å². The first-order chi connectivity index (χ1) is 5.61. The lowest BCUT2D eigenvalue weighted by Crippen LogP contribution is -2.13. The van der Waals surface area contributed by atoms with E-state index in [1.54, 1.807) is 0 Å². The molecule has 1 aromatic rings. The van der Waals surface area contributed by atoms with Crippen molar-refractivity contribution in [3.05, 3.63) is 35.6 Å². The Hall–Kier alpha value is -0.930. The summed E-state index contributed by atoms with van der Waals surface area (Å²) in [4.78, 5) is 0. The average molecular weight is 170 g/mol. The Morgan fingerprint density at radius 3 is 2.08 bits per heavy atom. The molecule has 0 spiro atoms. The molecule has 0 saturated heterocycles. The average Bonchev–Trinajstić information content (AvgIpc) is 2.04. The largest absolute Gasteiger partial charge is 0.390 e. The summed E-state index contributed by atoms with van der Waals surface area (Å²) < 4.78 is 12.4. The van der Waals surface area contributed by atoms with Crippen molar-refractivity contribution in [1.29, 1.82) is 0 Å². The summed E-state index contributed by atoms with van der Waals surface area (Å²) in [6.07, 6.45) is -1.78. The third kappa shape index (κ3) is 2.03. The Morgan fingerprint density at radius 2 is 1.67 bits per heavy atom. The quantitative estimate of drug-likeness (QED) is 0.701. The Labute approximate surface area is 70.3 Å². The van der Waals surface area contributed by atoms with Crippen molar-refractivity contribution in [2.45, 2.75) is 19.1 Å². The zero-order valence-electron chi connectivity index (χ0n) is 6.74. The van der Waals surface area contributed by atoms with E-state index in [1.165, 1.54) is 31.2 Å². The molecule has 0 radical (unpaired) electrons. The molecule has 2 N–H and O–H groups in total. The van der Waals surface area contributed by atoms with Gasteiger partial charge in [-0.05, 0) is 24.6 Å². The highest BCUT2D eigenvalue weighted by atomic mass is 19.1. The number of hydrogen-bond acceptors (Lipinski definition) is 2. The topological polar surface area (TPSA) is 40.5 Å². The number of rotatable bonds is 2. The molecule has 2 atom stereocenters. The number of hydrogen-bond donors (Lipinski definition) is 2. The third-order valence-corrected chi connectivity index (χ3v) is 1.67. The summed E-state index contributed by atoms with van der Waals surface area (Å²) >= 11 is 0. The van der Waals surface area contributed by atoms with E-state index in [9.17, 15) is 9.50 Å². The molecule has 12 heavy (non-hydrogen) atoms. The molecule has 2 nitrogen and oxygen atoms in total. The molecular weight excluding hydrogens is 159 g/mol. The number of halogens is 1. The predicted octanol–water partition coefficient (Wildman–Crippen LogP) is 1.24. The van der Waals surface area contributed by atoms with Gasteiger partial charge in [0.25, 0.3) is 0 Å². The molecule has 0 heterocycles. The van der Waals surface area contributed by atoms with Crippen LogP contribution in [-0.2, 0) is 0 Å². The van der Waals surface area contributed by atoms with Gasteiger partial charge in [0.2, 0.25) is 0 Å². The van der Waals surface area contributed by atoms with Gasteiger partial charge in [0.05, 0.1) is 6.10 Å². The molecule has 0 aliphatic carbocycles. The second-order valence-corrected chi connectivity index (χ2v) is 2.74. The first kappa shape index (κ1) is 9.16. The molecule has 0 bridgehead atoms. The third-order valence-electron chi connectivity index (χ3n) is 1.67. The van der Waals surface area contributed by atoms with Crippen LogP contribution in [0.1, 0.15) is 18.6 Å². The maximum absolute atomic E-state index is 12.4. The normalized spacial score (nSPS) is 15.7. The van der Waals surface area contributed by atoms with Crippen molar-refractivity contribution >= 4 is 0 Å². The highest BCUT2D eigenvalue weighted by Crippen LogP contribution is 2.16. The van der Waals surface area contributed by atoms with Gasteiger partial charge in [0.15, 0.2) is 0 Å². The molecule has 0 aliphatic heterocycles. The van der Waals surface area contributed by atoms with Crippen molar-refractivity contribution in [2.75, 3.05) is 0 Å². The van der Waals surface area contributed by atoms with Gasteiger partial charge in [-0.2, -0.15) is 0 Å². The molecule has 1 unspecified atom stereocenters. The van der Waals surface area contributed by atoms with Crippen LogP contribution in [0.2, 0.25) is 0 Å². The van der Waals surface area contributed by atoms with Crippen molar-refractivity contribution in [2.24, 2.45) is 0 Å². The Kier molecular flexibility index (Phi) is 2.78. The van der Waals surface area contributed by atoms with Gasteiger partial charge in [-0.25, -0.2) is 4.39 Å². The van der Waals surface area contributed by atoms with Crippen molar-refractivity contribution in [3.8, 4) is 0 Å². The van der Waals surface area contributed by atoms with Crippen molar-refractivity contribution < 1.29 is 14.6 Å². The number of aliphatic hydroxyl groups excluding tert-OH is 2. The summed E-state index contributed by atoms with van der Waals surface area (Å²) in [5.74, 6) is -0.350. The molecule has 0 amide bonds. The summed E-state index contributed by atoms with van der Waals surface area (Å²) in [5, 5.41) is 18.3. The van der Waals surface area contributed by atoms with Gasteiger partial charge in [-0.15, -0.1) is 0 Å². The fourth-order valence-corrected chi connectivity index (χ4v) is 0.938. The lowest BCUT2D eigenvalue weighted by Gasteiger charge is -2.13. The van der Waals surface area contributed by atoms with E-state index < -0.39 is 12.2 Å². The lowest BCUT2D eigenvalue weighted by molar-refractivity contribution is 0.0305. The molecule has 3 heteroatoms. The zero-order chi connectivity index (χ0) is 9.14. The Morgan fingerprint density at radius 1 is 1.17 bits per heavy atom. The Balaban J connectivity index is 2.82. The summed E-state index contributed by atoms with van der Waals surface area (Å²) in [6.45, 7) is 1.48. The molecule has 0 aromatic heterocycles. The van der Waals surface area contributed by atoms with Gasteiger partial charge < -0.3 is 10.2 Å². The minimum atomic E-state index is -0.939. The summed E-state index contributed by atoms with van der Waals surface area (Å²) in [7, 11) is 0. The maximum Gasteiger partial charge on any atom is 0.123 e. The molecule has 0 aliphatic rings. The van der Waals surface area contributed by atoms with E-state index in [0.29, 0.717) is 5.56 Å². The van der Waals surface area contributed by atoms with Gasteiger partial charge >= 0.3 is 0 Å². The minimum Gasteiger partial charge on any atom is -0.390 e. The fourth-order valence-electron chi connectivity index (χ4n) is 0.938. The highest BCUT2D eigenvalue weighted by Gasteiger charge is 2.12. The SMILES string of the molecule is CC(O)[C@H](O)c1ccc(F)cc1. The molecule has 0 saturated carbocycles. The van der Waals surface area contributed by atoms with E-state index in [1.807, 2.05) is 0 Å². The summed E-state index contributed by atoms with van der Waals surface area (Å²) in [6, 6.07) is 5.40. The van der Waals surface area contributed by atoms with Gasteiger partial charge in [-0.1, -0.05) is 12.1 Å². The standard InChI is InChI=1S/C9H11FO2/c1-6(11)9(12)7-2-4-8(10)5-3-7/h2-6,9,11-12H,1H3/t6?,9-/m0/s1. The molecule has 1 aromatic carbocycles. The fraction of sp³-hybridized carbons (Fsp3) is 0.333. The van der Waals surface area contributed by atoms with Crippen LogP contribution in [0, 0.1) is 5.82 Å². The van der Waals surface area contributed by atoms with E-state index in [0.717, 1.165) is 0 Å². The van der Waals surface area contributed by atoms with Crippen LogP contribution in [0.15, 0.2) is 24.3 Å². The molecule has 0 fully saturated rings. The number of aliphatic hydroxyl groups is 2. The molecule has 66 valence electrons. The monoisotopic (exact) mass is 170 g/mol. The van der Waals surface area contributed by atoms with E-state index >= 15 is 0 Å². The summed E-state index contributed by atoms with van der Waals surface area (Å²) in [5.41, 5.74) is 0.520. The smallest absolute Gasteiger partial charge is 0.123 e. The first-order valence-corrected chi connectivity index (χ1v) is 3.73. The van der Waals surface area contributed by atoms with E-state index in [4.69, 9.17) is 5.11 Å². The highest BCUT2D eigenvalue weighted by molar-refractivity contribution is 5.19. The van der Waals surface area contributed by atoms with Gasteiger partial charge in [-0.3, -0.25) is 0 Å². The maximum atomic E-state index is 12.4. The van der Waals surface area contributed by atoms with Gasteiger partial charge in [0.1, 0.15) is 11.9 Å². The van der Waals surface area contributed by atoms with Crippen molar-refractivity contribution in [3.63, 3.8) is 0 Å². The van der Waals surface area contributed by atoms with Crippen LogP contribution in [0.5, 0.6) is 0 Å². The number of benzene rings is 1. The van der Waals surface area contributed by atoms with E-state index in [2.05, 4.69) is 0 Å². The molecular formula is C9H11FO2. The predicted molar refractivity (Wildman–Crippen MR) is 43.0 cm³/mol. The lowest BCUT2D eigenvalue weighted by atomic mass is 10.1. The first-order valence-electron chi connectivity index (χ1n) is 3.73. The Bertz CT molecular complexity index is 243. The second-order valence-electron chi connectivity index (χ2n) is 2.74. The van der Waals surface area contributed by atoms with Crippen LogP contribution in [0.25, 0.3) is 0 Å². The second kappa shape index (κ2) is 3.65. The minimum absolute atomic E-state index is 0.350.